The Labute approximate surface area is 208 Å². The molecule has 0 saturated heterocycles. The van der Waals surface area contributed by atoms with Crippen molar-refractivity contribution in [2.45, 2.75) is 82.7 Å². The van der Waals surface area contributed by atoms with Crippen LogP contribution in [0.3, 0.4) is 0 Å². The first-order valence-corrected chi connectivity index (χ1v) is 13.1. The lowest BCUT2D eigenvalue weighted by Crippen LogP contribution is -2.45. The van der Waals surface area contributed by atoms with Gasteiger partial charge in [-0.25, -0.2) is 0 Å². The third-order valence-electron chi connectivity index (χ3n) is 6.95. The van der Waals surface area contributed by atoms with Gasteiger partial charge in [-0.2, -0.15) is 0 Å². The average molecular weight is 485 g/mol. The van der Waals surface area contributed by atoms with E-state index in [0.29, 0.717) is 31.6 Å². The number of cyclic esters (lactones) is 1. The minimum absolute atomic E-state index is 0.0391. The van der Waals surface area contributed by atoms with Crippen LogP contribution < -0.4 is 10.6 Å². The van der Waals surface area contributed by atoms with E-state index >= 15 is 0 Å². The fraction of sp³-hybridized carbons (Fsp3) is 0.607. The van der Waals surface area contributed by atoms with Gasteiger partial charge in [0.25, 0.3) is 0 Å². The minimum Gasteiger partial charge on any atom is -0.463 e. The highest BCUT2D eigenvalue weighted by Gasteiger charge is 2.27. The normalized spacial score (nSPS) is 23.3. The fourth-order valence-electron chi connectivity index (χ4n) is 5.01. The standard InChI is InChI=1S/C28H40N2O5/c31-19-24(16-21-10-4-1-5-11-21)29-26(32)18-23-14-8-3-9-15-27(33)35-20-25(30-28(23)34)17-22-12-6-2-7-13-22/h1,3-5,8,10-11,22-25,31H,2,6-7,9,12-20H2,(H,29,32)(H,30,34)/t23-,24+,25+/m1/s1. The predicted octanol–water partition coefficient (Wildman–Crippen LogP) is 3.45. The molecule has 2 amide bonds. The molecule has 192 valence electrons. The molecule has 7 nitrogen and oxygen atoms in total. The second kappa shape index (κ2) is 14.7. The number of rotatable bonds is 8. The van der Waals surface area contributed by atoms with Crippen molar-refractivity contribution in [1.29, 1.82) is 0 Å². The molecule has 1 aromatic carbocycles. The van der Waals surface area contributed by atoms with Crippen molar-refractivity contribution in [3.8, 4) is 0 Å². The van der Waals surface area contributed by atoms with Gasteiger partial charge in [0.1, 0.15) is 6.61 Å². The van der Waals surface area contributed by atoms with Gasteiger partial charge in [0, 0.05) is 12.8 Å². The number of hydrogen-bond donors (Lipinski definition) is 3. The zero-order valence-electron chi connectivity index (χ0n) is 20.6. The first kappa shape index (κ1) is 26.9. The van der Waals surface area contributed by atoms with E-state index < -0.39 is 12.0 Å². The first-order valence-electron chi connectivity index (χ1n) is 13.1. The maximum Gasteiger partial charge on any atom is 0.306 e. The molecule has 1 aromatic rings. The van der Waals surface area contributed by atoms with Gasteiger partial charge in [-0.15, -0.1) is 0 Å². The van der Waals surface area contributed by atoms with Crippen molar-refractivity contribution in [2.24, 2.45) is 11.8 Å². The van der Waals surface area contributed by atoms with Gasteiger partial charge in [0.15, 0.2) is 0 Å². The van der Waals surface area contributed by atoms with E-state index in [9.17, 15) is 19.5 Å². The van der Waals surface area contributed by atoms with Crippen molar-refractivity contribution in [3.63, 3.8) is 0 Å². The van der Waals surface area contributed by atoms with Crippen LogP contribution in [0.15, 0.2) is 42.5 Å². The molecule has 0 aromatic heterocycles. The Bertz CT molecular complexity index is 835. The molecule has 2 aliphatic rings. The van der Waals surface area contributed by atoms with Crippen LogP contribution in [0.1, 0.15) is 69.8 Å². The lowest BCUT2D eigenvalue weighted by atomic mass is 9.84. The zero-order chi connectivity index (χ0) is 24.9. The summed E-state index contributed by atoms with van der Waals surface area (Å²) >= 11 is 0. The number of aliphatic hydroxyl groups excluding tert-OH is 1. The number of carbonyl (C=O) groups excluding carboxylic acids is 3. The van der Waals surface area contributed by atoms with Crippen LogP contribution in [0, 0.1) is 11.8 Å². The predicted molar refractivity (Wildman–Crippen MR) is 134 cm³/mol. The largest absolute Gasteiger partial charge is 0.463 e. The number of ether oxygens (including phenoxy) is 1. The van der Waals surface area contributed by atoms with Crippen LogP contribution in [-0.4, -0.2) is 48.2 Å². The zero-order valence-corrected chi connectivity index (χ0v) is 20.6. The van der Waals surface area contributed by atoms with Gasteiger partial charge >= 0.3 is 5.97 Å². The van der Waals surface area contributed by atoms with Crippen molar-refractivity contribution in [3.05, 3.63) is 48.0 Å². The van der Waals surface area contributed by atoms with Gasteiger partial charge in [-0.3, -0.25) is 14.4 Å². The molecule has 1 aliphatic heterocycles. The summed E-state index contributed by atoms with van der Waals surface area (Å²) in [4.78, 5) is 38.1. The third-order valence-corrected chi connectivity index (χ3v) is 6.95. The summed E-state index contributed by atoms with van der Waals surface area (Å²) in [6.07, 6.45) is 12.3. The van der Waals surface area contributed by atoms with Gasteiger partial charge in [0.05, 0.1) is 24.6 Å². The summed E-state index contributed by atoms with van der Waals surface area (Å²) in [6, 6.07) is 9.04. The highest BCUT2D eigenvalue weighted by Crippen LogP contribution is 2.28. The van der Waals surface area contributed by atoms with E-state index in [1.807, 2.05) is 42.5 Å². The molecule has 0 bridgehead atoms. The maximum absolute atomic E-state index is 13.2. The molecule has 3 N–H and O–H groups in total. The SMILES string of the molecule is O=C(C[C@H]1CC=CCCC(=O)OC[C@H](CC2CCCCC2)NC1=O)N[C@H](CO)Cc1ccccc1. The van der Waals surface area contributed by atoms with Gasteiger partial charge < -0.3 is 20.5 Å². The topological polar surface area (TPSA) is 105 Å². The van der Waals surface area contributed by atoms with Crippen LogP contribution in [0.25, 0.3) is 0 Å². The van der Waals surface area contributed by atoms with Gasteiger partial charge in [-0.1, -0.05) is 74.6 Å². The minimum atomic E-state index is -0.522. The molecule has 1 fully saturated rings. The molecule has 0 spiro atoms. The van der Waals surface area contributed by atoms with E-state index in [-0.39, 0.29) is 43.5 Å². The summed E-state index contributed by atoms with van der Waals surface area (Å²) < 4.78 is 5.46. The first-order chi connectivity index (χ1) is 17.0. The molecular formula is C28H40N2O5. The number of allylic oxidation sites excluding steroid dienone is 2. The van der Waals surface area contributed by atoms with Crippen molar-refractivity contribution in [1.82, 2.24) is 10.6 Å². The van der Waals surface area contributed by atoms with Crippen LogP contribution >= 0.6 is 0 Å². The van der Waals surface area contributed by atoms with Crippen LogP contribution in [0.2, 0.25) is 0 Å². The Hall–Kier alpha value is -2.67. The Kier molecular flexibility index (Phi) is 11.3. The highest BCUT2D eigenvalue weighted by atomic mass is 16.5. The Balaban J connectivity index is 1.62. The van der Waals surface area contributed by atoms with E-state index in [0.717, 1.165) is 24.8 Å². The third kappa shape index (κ3) is 9.84. The quantitative estimate of drug-likeness (QED) is 0.387. The van der Waals surface area contributed by atoms with E-state index in [2.05, 4.69) is 10.6 Å². The second-order valence-corrected chi connectivity index (χ2v) is 9.91. The van der Waals surface area contributed by atoms with Crippen molar-refractivity contribution >= 4 is 17.8 Å². The summed E-state index contributed by atoms with van der Waals surface area (Å²) in [7, 11) is 0. The van der Waals surface area contributed by atoms with Gasteiger partial charge in [-0.05, 0) is 37.2 Å². The number of carbonyl (C=O) groups is 3. The lowest BCUT2D eigenvalue weighted by molar-refractivity contribution is -0.145. The summed E-state index contributed by atoms with van der Waals surface area (Å²) in [5.74, 6) is -0.693. The highest BCUT2D eigenvalue weighted by molar-refractivity contribution is 5.86. The number of amides is 2. The molecule has 35 heavy (non-hydrogen) atoms. The van der Waals surface area contributed by atoms with Crippen LogP contribution in [0.5, 0.6) is 0 Å². The molecule has 3 rings (SSSR count). The summed E-state index contributed by atoms with van der Waals surface area (Å²) in [5, 5.41) is 15.7. The number of nitrogens with one attached hydrogen (secondary N) is 2. The molecular weight excluding hydrogens is 444 g/mol. The lowest BCUT2D eigenvalue weighted by Gasteiger charge is -2.28. The fourth-order valence-corrected chi connectivity index (χ4v) is 5.01. The summed E-state index contributed by atoms with van der Waals surface area (Å²) in [6.45, 7) is -0.000401. The average Bonchev–Trinajstić information content (AvgIpc) is 2.86. The monoisotopic (exact) mass is 484 g/mol. The van der Waals surface area contributed by atoms with Crippen molar-refractivity contribution < 1.29 is 24.2 Å². The molecule has 1 saturated carbocycles. The maximum atomic E-state index is 13.2. The second-order valence-electron chi connectivity index (χ2n) is 9.91. The van der Waals surface area contributed by atoms with Gasteiger partial charge in [0.2, 0.25) is 11.8 Å². The van der Waals surface area contributed by atoms with Crippen LogP contribution in [-0.2, 0) is 25.5 Å². The number of benzene rings is 1. The molecule has 0 radical (unpaired) electrons. The number of aliphatic hydroxyl groups is 1. The summed E-state index contributed by atoms with van der Waals surface area (Å²) in [5.41, 5.74) is 1.03. The number of hydrogen-bond acceptors (Lipinski definition) is 5. The molecule has 7 heteroatoms. The molecule has 0 unspecified atom stereocenters. The Morgan fingerprint density at radius 3 is 2.63 bits per heavy atom. The Morgan fingerprint density at radius 2 is 1.89 bits per heavy atom. The van der Waals surface area contributed by atoms with Crippen molar-refractivity contribution in [2.75, 3.05) is 13.2 Å². The molecule has 1 heterocycles. The molecule has 1 aliphatic carbocycles. The van der Waals surface area contributed by atoms with E-state index in [1.54, 1.807) is 0 Å². The van der Waals surface area contributed by atoms with E-state index in [4.69, 9.17) is 4.74 Å². The van der Waals surface area contributed by atoms with E-state index in [1.165, 1.54) is 19.3 Å². The molecule has 3 atom stereocenters. The smallest absolute Gasteiger partial charge is 0.306 e. The number of esters is 1. The Morgan fingerprint density at radius 1 is 1.11 bits per heavy atom. The van der Waals surface area contributed by atoms with Crippen LogP contribution in [0.4, 0.5) is 0 Å².